The van der Waals surface area contributed by atoms with Gasteiger partial charge in [-0.25, -0.2) is 13.8 Å². The maximum atomic E-state index is 15.0. The van der Waals surface area contributed by atoms with Gasteiger partial charge in [0.25, 0.3) is 11.8 Å². The van der Waals surface area contributed by atoms with Crippen molar-refractivity contribution in [1.82, 2.24) is 30.3 Å². The highest BCUT2D eigenvalue weighted by Crippen LogP contribution is 2.38. The lowest BCUT2D eigenvalue weighted by molar-refractivity contribution is -0.134. The number of hydrogen-bond acceptors (Lipinski definition) is 11. The van der Waals surface area contributed by atoms with E-state index in [4.69, 9.17) is 0 Å². The van der Waals surface area contributed by atoms with E-state index < -0.39 is 41.3 Å². The monoisotopic (exact) mass is 764 g/mol. The van der Waals surface area contributed by atoms with Crippen LogP contribution in [0.25, 0.3) is 11.3 Å². The molecule has 0 spiro atoms. The molecule has 2 atom stereocenters. The van der Waals surface area contributed by atoms with Crippen molar-refractivity contribution < 1.29 is 33.1 Å². The molecule has 5 heterocycles. The number of carbonyl (C=O) groups is 4. The standard InChI is InChI=1S/C39H34F2N8O5S/c40-25-4-8-32(50)29(19-25)35(37(53)44-39-42-11-16-55-39)49-21-24-3-2-23(18-28(24)38(49)54)31-7-9-33(46-45-31)48-14-12-47(13-15-48)20-22-1-5-26(30(41)17-22)27-6-10-34(51)43-36(27)52/h1-5,7-9,11,16-19,27,35,50H,6,10,12-15,20-21H2,(H,42,44,53)(H,43,51,52). The fourth-order valence-electron chi connectivity index (χ4n) is 7.33. The molecular formula is C39H34F2N8O5S. The summed E-state index contributed by atoms with van der Waals surface area (Å²) < 4.78 is 29.4. The predicted molar refractivity (Wildman–Crippen MR) is 198 cm³/mol. The van der Waals surface area contributed by atoms with Crippen molar-refractivity contribution in [2.24, 2.45) is 0 Å². The van der Waals surface area contributed by atoms with Crippen molar-refractivity contribution in [2.45, 2.75) is 37.9 Å². The van der Waals surface area contributed by atoms with Gasteiger partial charge in [-0.1, -0.05) is 24.3 Å². The summed E-state index contributed by atoms with van der Waals surface area (Å²) in [6, 6.07) is 15.9. The van der Waals surface area contributed by atoms with Gasteiger partial charge >= 0.3 is 0 Å². The summed E-state index contributed by atoms with van der Waals surface area (Å²) >= 11 is 1.19. The van der Waals surface area contributed by atoms with Gasteiger partial charge in [-0.15, -0.1) is 21.5 Å². The molecule has 5 aromatic rings. The van der Waals surface area contributed by atoms with Gasteiger partial charge in [-0.05, 0) is 60.0 Å². The molecular weight excluding hydrogens is 731 g/mol. The van der Waals surface area contributed by atoms with Gasteiger partial charge in [-0.2, -0.15) is 0 Å². The number of phenolic OH excluding ortho intramolecular Hbond substituents is 1. The molecule has 2 saturated heterocycles. The summed E-state index contributed by atoms with van der Waals surface area (Å²) in [5, 5.41) is 26.5. The lowest BCUT2D eigenvalue weighted by atomic mass is 9.89. The summed E-state index contributed by atoms with van der Waals surface area (Å²) in [5.74, 6) is -3.32. The molecule has 0 radical (unpaired) electrons. The van der Waals surface area contributed by atoms with Crippen LogP contribution in [0.5, 0.6) is 5.75 Å². The molecule has 3 aromatic carbocycles. The molecule has 0 aliphatic carbocycles. The summed E-state index contributed by atoms with van der Waals surface area (Å²) in [7, 11) is 0. The molecule has 280 valence electrons. The molecule has 16 heteroatoms. The first kappa shape index (κ1) is 35.9. The van der Waals surface area contributed by atoms with Gasteiger partial charge in [-0.3, -0.25) is 34.7 Å². The molecule has 55 heavy (non-hydrogen) atoms. The number of benzene rings is 3. The van der Waals surface area contributed by atoms with Crippen LogP contribution in [0.15, 0.2) is 78.3 Å². The fourth-order valence-corrected chi connectivity index (χ4v) is 7.86. The van der Waals surface area contributed by atoms with Crippen molar-refractivity contribution in [1.29, 1.82) is 0 Å². The molecule has 0 bridgehead atoms. The minimum atomic E-state index is -1.34. The third-order valence-electron chi connectivity index (χ3n) is 10.2. The third-order valence-corrected chi connectivity index (χ3v) is 10.9. The summed E-state index contributed by atoms with van der Waals surface area (Å²) in [4.78, 5) is 60.9. The molecule has 2 fully saturated rings. The van der Waals surface area contributed by atoms with Crippen LogP contribution < -0.4 is 15.5 Å². The number of aromatic hydroxyl groups is 1. The zero-order valence-electron chi connectivity index (χ0n) is 29.2. The molecule has 2 unspecified atom stereocenters. The van der Waals surface area contributed by atoms with Crippen LogP contribution in [0.4, 0.5) is 19.7 Å². The van der Waals surface area contributed by atoms with Gasteiger partial charge in [0.2, 0.25) is 11.8 Å². The Bertz CT molecular complexity index is 2300. The van der Waals surface area contributed by atoms with E-state index >= 15 is 4.39 Å². The average Bonchev–Trinajstić information content (AvgIpc) is 3.81. The number of hydrogen-bond donors (Lipinski definition) is 3. The van der Waals surface area contributed by atoms with E-state index in [0.29, 0.717) is 78.0 Å². The van der Waals surface area contributed by atoms with Crippen LogP contribution in [0, 0.1) is 11.6 Å². The molecule has 13 nitrogen and oxygen atoms in total. The Morgan fingerprint density at radius 1 is 0.982 bits per heavy atom. The summed E-state index contributed by atoms with van der Waals surface area (Å²) in [5.41, 5.74) is 3.25. The molecule has 4 amide bonds. The predicted octanol–water partition coefficient (Wildman–Crippen LogP) is 4.76. The number of carbonyl (C=O) groups excluding carboxylic acids is 4. The second-order valence-electron chi connectivity index (χ2n) is 13.6. The van der Waals surface area contributed by atoms with E-state index in [0.717, 1.165) is 23.8 Å². The minimum absolute atomic E-state index is 0.0488. The number of piperazine rings is 1. The van der Waals surface area contributed by atoms with Crippen molar-refractivity contribution in [3.8, 4) is 17.0 Å². The largest absolute Gasteiger partial charge is 0.508 e. The lowest BCUT2D eigenvalue weighted by Crippen LogP contribution is -2.46. The number of piperidine rings is 1. The number of rotatable bonds is 9. The third kappa shape index (κ3) is 7.37. The van der Waals surface area contributed by atoms with Crippen LogP contribution in [0.3, 0.4) is 0 Å². The molecule has 8 rings (SSSR count). The number of fused-ring (bicyclic) bond motifs is 1. The number of amides is 4. The topological polar surface area (TPSA) is 161 Å². The van der Waals surface area contributed by atoms with E-state index in [2.05, 4.69) is 35.6 Å². The van der Waals surface area contributed by atoms with Gasteiger partial charge in [0, 0.05) is 79.5 Å². The Morgan fingerprint density at radius 3 is 2.55 bits per heavy atom. The second-order valence-corrected chi connectivity index (χ2v) is 14.5. The highest BCUT2D eigenvalue weighted by Gasteiger charge is 2.39. The first-order valence-corrected chi connectivity index (χ1v) is 18.6. The van der Waals surface area contributed by atoms with E-state index in [9.17, 15) is 28.7 Å². The first-order chi connectivity index (χ1) is 26.6. The summed E-state index contributed by atoms with van der Waals surface area (Å²) in [6.45, 7) is 3.36. The van der Waals surface area contributed by atoms with Crippen molar-refractivity contribution in [2.75, 3.05) is 36.4 Å². The number of nitrogens with zero attached hydrogens (tertiary/aromatic N) is 6. The highest BCUT2D eigenvalue weighted by molar-refractivity contribution is 7.13. The smallest absolute Gasteiger partial charge is 0.255 e. The zero-order chi connectivity index (χ0) is 38.2. The molecule has 3 N–H and O–H groups in total. The van der Waals surface area contributed by atoms with Gasteiger partial charge in [0.05, 0.1) is 11.6 Å². The van der Waals surface area contributed by atoms with Gasteiger partial charge in [0.1, 0.15) is 23.4 Å². The zero-order valence-corrected chi connectivity index (χ0v) is 30.1. The van der Waals surface area contributed by atoms with E-state index in [1.54, 1.807) is 23.6 Å². The number of halogens is 2. The SMILES string of the molecule is O=C1CCC(c2ccc(CN3CCN(c4ccc(-c5ccc6c(c5)C(=O)N(C(C(=O)Nc5nccs5)c5cc(F)ccc5O)C6)nn4)CC3)cc2F)C(=O)N1. The maximum Gasteiger partial charge on any atom is 0.255 e. The lowest BCUT2D eigenvalue weighted by Gasteiger charge is -2.35. The van der Waals surface area contributed by atoms with Crippen LogP contribution in [0.2, 0.25) is 0 Å². The van der Waals surface area contributed by atoms with Crippen LogP contribution in [-0.4, -0.2) is 79.9 Å². The fraction of sp³-hybridized carbons (Fsp3) is 0.256. The van der Waals surface area contributed by atoms with Crippen molar-refractivity contribution in [3.63, 3.8) is 0 Å². The molecule has 0 saturated carbocycles. The molecule has 2 aromatic heterocycles. The Kier molecular flexibility index (Phi) is 9.75. The Balaban J connectivity index is 0.914. The second kappa shape index (κ2) is 14.9. The summed E-state index contributed by atoms with van der Waals surface area (Å²) in [6.07, 6.45) is 2.00. The first-order valence-electron chi connectivity index (χ1n) is 17.7. The quantitative estimate of drug-likeness (QED) is 0.179. The number of nitrogens with one attached hydrogen (secondary N) is 2. The Labute approximate surface area is 317 Å². The minimum Gasteiger partial charge on any atom is -0.508 e. The number of anilines is 2. The van der Waals surface area contributed by atoms with E-state index in [1.807, 2.05) is 24.3 Å². The van der Waals surface area contributed by atoms with Gasteiger partial charge < -0.3 is 14.9 Å². The number of aromatic nitrogens is 3. The Morgan fingerprint density at radius 2 is 1.82 bits per heavy atom. The average molecular weight is 765 g/mol. The maximum absolute atomic E-state index is 15.0. The van der Waals surface area contributed by atoms with E-state index in [-0.39, 0.29) is 30.2 Å². The van der Waals surface area contributed by atoms with Crippen molar-refractivity contribution in [3.05, 3.63) is 118 Å². The Hall–Kier alpha value is -6.13. The van der Waals surface area contributed by atoms with Crippen LogP contribution in [-0.2, 0) is 27.5 Å². The van der Waals surface area contributed by atoms with E-state index in [1.165, 1.54) is 28.5 Å². The number of phenols is 1. The highest BCUT2D eigenvalue weighted by atomic mass is 32.1. The van der Waals surface area contributed by atoms with Crippen LogP contribution in [0.1, 0.15) is 57.4 Å². The van der Waals surface area contributed by atoms with Gasteiger partial charge in [0.15, 0.2) is 10.9 Å². The number of imide groups is 1. The van der Waals surface area contributed by atoms with Crippen LogP contribution >= 0.6 is 11.3 Å². The number of thiazole rings is 1. The molecule has 3 aliphatic heterocycles. The molecule has 3 aliphatic rings. The van der Waals surface area contributed by atoms with Crippen molar-refractivity contribution >= 4 is 45.9 Å². The normalized spacial score (nSPS) is 17.9.